The quantitative estimate of drug-likeness (QED) is 0.0246. The molecule has 0 saturated heterocycles. The van der Waals surface area contributed by atoms with Crippen LogP contribution >= 0.6 is 0 Å². The van der Waals surface area contributed by atoms with Crippen molar-refractivity contribution in [2.45, 2.75) is 258 Å². The zero-order valence-corrected chi connectivity index (χ0v) is 48.5. The molecule has 0 bridgehead atoms. The van der Waals surface area contributed by atoms with Crippen LogP contribution in [0.15, 0.2) is 87.1 Å². The van der Waals surface area contributed by atoms with Crippen molar-refractivity contribution in [3.8, 4) is 0 Å². The molecule has 0 heterocycles. The molecule has 0 spiro atoms. The zero-order valence-electron chi connectivity index (χ0n) is 48.5. The summed E-state index contributed by atoms with van der Waals surface area (Å²) in [6.07, 6.45) is 51.3. The highest BCUT2D eigenvalue weighted by atomic mass is 16.6. The predicted molar refractivity (Wildman–Crippen MR) is 311 cm³/mol. The molecule has 12 heteroatoms. The first-order valence-corrected chi connectivity index (χ1v) is 29.4. The Morgan fingerprint density at radius 3 is 0.816 bits per heavy atom. The zero-order chi connectivity index (χ0) is 56.8. The normalized spacial score (nSPS) is 10.9. The molecule has 0 N–H and O–H groups in total. The van der Waals surface area contributed by atoms with Gasteiger partial charge in [0, 0.05) is 0 Å². The third-order valence-electron chi connectivity index (χ3n) is 11.5. The topological polar surface area (TPSA) is 158 Å². The average molecular weight is 1070 g/mol. The molecular weight excluding hydrogens is 961 g/mol. The van der Waals surface area contributed by atoms with E-state index in [0.29, 0.717) is 0 Å². The molecule has 0 aromatic heterocycles. The molecule has 0 saturated carbocycles. The highest BCUT2D eigenvalue weighted by Gasteiger charge is 2.20. The van der Waals surface area contributed by atoms with Gasteiger partial charge in [-0.25, -0.2) is 0 Å². The molecule has 0 atom stereocenters. The summed E-state index contributed by atoms with van der Waals surface area (Å²) in [5, 5.41) is 0. The molecule has 0 amide bonds. The van der Waals surface area contributed by atoms with Crippen LogP contribution in [0.2, 0.25) is 0 Å². The summed E-state index contributed by atoms with van der Waals surface area (Å²) in [7, 11) is 0. The molecule has 0 radical (unpaired) electrons. The molecule has 436 valence electrons. The van der Waals surface area contributed by atoms with Crippen LogP contribution in [0, 0.1) is 0 Å². The Morgan fingerprint density at radius 2 is 0.526 bits per heavy atom. The van der Waals surface area contributed by atoms with Crippen molar-refractivity contribution in [3.63, 3.8) is 0 Å². The van der Waals surface area contributed by atoms with E-state index in [1.54, 1.807) is 0 Å². The second kappa shape index (κ2) is 62.5. The number of carbonyl (C=O) groups excluding carboxylic acids is 6. The lowest BCUT2D eigenvalue weighted by Crippen LogP contribution is -2.30. The monoisotopic (exact) mass is 1070 g/mol. The number of unbranched alkanes of at least 4 members (excludes halogenated alkanes) is 24. The number of allylic oxidation sites excluding steroid dienone is 4. The van der Waals surface area contributed by atoms with Crippen LogP contribution in [0.3, 0.4) is 0 Å². The third kappa shape index (κ3) is 61.5. The van der Waals surface area contributed by atoms with Crippen molar-refractivity contribution in [3.05, 3.63) is 87.1 Å². The van der Waals surface area contributed by atoms with E-state index in [-0.39, 0.29) is 65.0 Å². The Kier molecular flexibility index (Phi) is 61.9. The summed E-state index contributed by atoms with van der Waals surface area (Å²) in [5.41, 5.74) is 0. The number of rotatable bonds is 50. The third-order valence-corrected chi connectivity index (χ3v) is 11.5. The Hall–Kier alpha value is -5.00. The van der Waals surface area contributed by atoms with Gasteiger partial charge in [-0.15, -0.1) is 26.3 Å². The minimum absolute atomic E-state index is 0.0116. The molecule has 0 fully saturated rings. The van der Waals surface area contributed by atoms with Crippen molar-refractivity contribution in [1.82, 2.24) is 0 Å². The van der Waals surface area contributed by atoms with Crippen LogP contribution in [0.1, 0.15) is 246 Å². The minimum atomic E-state index is -0.861. The maximum absolute atomic E-state index is 12.5. The van der Waals surface area contributed by atoms with Crippen LogP contribution in [-0.4, -0.2) is 74.5 Å². The molecule has 0 aliphatic carbocycles. The van der Waals surface area contributed by atoms with Gasteiger partial charge in [0.1, 0.15) is 26.4 Å². The average Bonchev–Trinajstić information content (AvgIpc) is 3.40. The van der Waals surface area contributed by atoms with E-state index in [1.165, 1.54) is 159 Å². The molecule has 0 aliphatic rings. The van der Waals surface area contributed by atoms with Gasteiger partial charge in [0.2, 0.25) is 0 Å². The van der Waals surface area contributed by atoms with Gasteiger partial charge < -0.3 is 28.4 Å². The van der Waals surface area contributed by atoms with E-state index in [4.69, 9.17) is 28.4 Å². The van der Waals surface area contributed by atoms with Crippen LogP contribution in [-0.2, 0) is 57.2 Å². The summed E-state index contributed by atoms with van der Waals surface area (Å²) < 4.78 is 31.1. The van der Waals surface area contributed by atoms with E-state index < -0.39 is 48.0 Å². The molecular formula is C64H108O12. The van der Waals surface area contributed by atoms with E-state index in [1.807, 2.05) is 42.5 Å². The van der Waals surface area contributed by atoms with Crippen molar-refractivity contribution < 1.29 is 57.2 Å². The second-order valence-electron chi connectivity index (χ2n) is 19.0. The van der Waals surface area contributed by atoms with Crippen LogP contribution in [0.5, 0.6) is 0 Å². The summed E-state index contributed by atoms with van der Waals surface area (Å²) >= 11 is 0. The van der Waals surface area contributed by atoms with Crippen molar-refractivity contribution >= 4 is 35.8 Å². The van der Waals surface area contributed by atoms with Crippen LogP contribution in [0.25, 0.3) is 0 Å². The van der Waals surface area contributed by atoms with Crippen molar-refractivity contribution in [2.24, 2.45) is 0 Å². The first-order chi connectivity index (χ1) is 37.0. The van der Waals surface area contributed by atoms with Gasteiger partial charge in [-0.05, 0) is 51.4 Å². The van der Waals surface area contributed by atoms with Crippen molar-refractivity contribution in [2.75, 3.05) is 26.4 Å². The lowest BCUT2D eigenvalue weighted by Gasteiger charge is -2.17. The highest BCUT2D eigenvalue weighted by molar-refractivity contribution is 5.74. The first kappa shape index (κ1) is 75.2. The Balaban J connectivity index is -0.00000140. The fourth-order valence-corrected chi connectivity index (χ4v) is 7.12. The standard InChI is InChI=1S/C39H68O6.C15H20O6.C10H20/c1-4-7-10-13-16-19-22-25-28-31-37(40)43-34-36(45-39(42)33-30-27-24-21-18-15-12-9-6-3)35-44-38(41)32-29-26-23-20-17-14-11-8-5-2;1-4-7-13(16)19-10-12(21-15(18)9-6-3)11-20-14(17)8-5-2;1-3-5-7-9-10-8-6-4-2/h25-30,36H,4-24,31-35H2,1-3H3;4-6,12H,1-3,7-11H2;3H,1,4-10H2,2H3/b28-25-,29-26-,30-27-;;. The fraction of sp³-hybridized carbons (Fsp3) is 0.688. The first-order valence-electron chi connectivity index (χ1n) is 29.4. The fourth-order valence-electron chi connectivity index (χ4n) is 7.12. The van der Waals surface area contributed by atoms with Gasteiger partial charge in [0.05, 0.1) is 38.5 Å². The van der Waals surface area contributed by atoms with E-state index in [2.05, 4.69) is 54.0 Å². The molecule has 0 aromatic rings. The number of hydrogen-bond donors (Lipinski definition) is 0. The van der Waals surface area contributed by atoms with Crippen molar-refractivity contribution in [1.29, 1.82) is 0 Å². The molecule has 0 rings (SSSR count). The number of hydrogen-bond acceptors (Lipinski definition) is 12. The van der Waals surface area contributed by atoms with Gasteiger partial charge >= 0.3 is 35.8 Å². The molecule has 0 aromatic carbocycles. The minimum Gasteiger partial charge on any atom is -0.461 e. The lowest BCUT2D eigenvalue weighted by molar-refractivity contribution is -0.165. The Bertz CT molecular complexity index is 1480. The summed E-state index contributed by atoms with van der Waals surface area (Å²) in [6.45, 7) is 22.1. The SMILES string of the molecule is C=CCC(=O)OCC(COC(=O)CC=C)OC(=O)CC=C.C=CCCCCCCCC.CCCCCCCC/C=C\CC(=O)OCC(COC(=O)C/C=C\CCCCCCCC)OC(=O)C/C=C\CCCCCCCC. The van der Waals surface area contributed by atoms with Gasteiger partial charge in [-0.2, -0.15) is 0 Å². The van der Waals surface area contributed by atoms with Gasteiger partial charge in [0.15, 0.2) is 12.2 Å². The summed E-state index contributed by atoms with van der Waals surface area (Å²) in [5.74, 6) is -2.77. The van der Waals surface area contributed by atoms with Gasteiger partial charge in [0.25, 0.3) is 0 Å². The van der Waals surface area contributed by atoms with Gasteiger partial charge in [-0.3, -0.25) is 28.8 Å². The maximum Gasteiger partial charge on any atom is 0.310 e. The van der Waals surface area contributed by atoms with Gasteiger partial charge in [-0.1, -0.05) is 217 Å². The predicted octanol–water partition coefficient (Wildman–Crippen LogP) is 16.7. The van der Waals surface area contributed by atoms with E-state index in [0.717, 1.165) is 38.5 Å². The maximum atomic E-state index is 12.5. The lowest BCUT2D eigenvalue weighted by atomic mass is 10.1. The smallest absolute Gasteiger partial charge is 0.310 e. The molecule has 76 heavy (non-hydrogen) atoms. The van der Waals surface area contributed by atoms with Crippen LogP contribution in [0.4, 0.5) is 0 Å². The Morgan fingerprint density at radius 1 is 0.289 bits per heavy atom. The van der Waals surface area contributed by atoms with E-state index in [9.17, 15) is 28.8 Å². The molecule has 0 unspecified atom stereocenters. The summed E-state index contributed by atoms with van der Waals surface area (Å²) in [6, 6.07) is 0. The highest BCUT2D eigenvalue weighted by Crippen LogP contribution is 2.12. The summed E-state index contributed by atoms with van der Waals surface area (Å²) in [4.78, 5) is 70.9. The molecule has 12 nitrogen and oxygen atoms in total. The van der Waals surface area contributed by atoms with E-state index >= 15 is 0 Å². The number of ether oxygens (including phenoxy) is 6. The second-order valence-corrected chi connectivity index (χ2v) is 19.0. The number of carbonyl (C=O) groups is 6. The number of esters is 6. The largest absolute Gasteiger partial charge is 0.461 e. The molecule has 0 aliphatic heterocycles. The Labute approximate surface area is 463 Å². The van der Waals surface area contributed by atoms with Crippen LogP contribution < -0.4 is 0 Å².